The van der Waals surface area contributed by atoms with Crippen LogP contribution in [0.15, 0.2) is 36.9 Å². The number of nitrogens with zero attached hydrogens (tertiary/aromatic N) is 3. The molecule has 1 heterocycles. The van der Waals surface area contributed by atoms with E-state index in [9.17, 15) is 0 Å². The molecule has 0 atom stereocenters. The smallest absolute Gasteiger partial charge is 0.222 e. The number of benzene rings is 1. The monoisotopic (exact) mass is 204 g/mol. The maximum Gasteiger partial charge on any atom is 0.222 e. The second-order valence-electron chi connectivity index (χ2n) is 2.66. The Morgan fingerprint density at radius 3 is 1.40 bits per heavy atom. The van der Waals surface area contributed by atoms with E-state index in [0.29, 0.717) is 0 Å². The third kappa shape index (κ3) is 4.41. The van der Waals surface area contributed by atoms with E-state index >= 15 is 0 Å². The van der Waals surface area contributed by atoms with E-state index < -0.39 is 0 Å². The van der Waals surface area contributed by atoms with Crippen molar-refractivity contribution in [2.75, 3.05) is 17.2 Å². The van der Waals surface area contributed by atoms with Crippen LogP contribution < -0.4 is 17.2 Å². The molecule has 0 aliphatic carbocycles. The summed E-state index contributed by atoms with van der Waals surface area (Å²) in [5, 5.41) is 0. The lowest BCUT2D eigenvalue weighted by Crippen LogP contribution is -1.92. The summed E-state index contributed by atoms with van der Waals surface area (Å²) in [6, 6.07) is 7.09. The third-order valence-corrected chi connectivity index (χ3v) is 1.45. The van der Waals surface area contributed by atoms with Gasteiger partial charge in [-0.1, -0.05) is 0 Å². The number of nitrogen functional groups attached to an aromatic ring is 3. The van der Waals surface area contributed by atoms with Crippen molar-refractivity contribution in [1.82, 2.24) is 15.0 Å². The average molecular weight is 204 g/mol. The van der Waals surface area contributed by atoms with Crippen molar-refractivity contribution in [3.8, 4) is 0 Å². The highest BCUT2D eigenvalue weighted by Crippen LogP contribution is 2.04. The molecule has 78 valence electrons. The Labute approximate surface area is 87.2 Å². The number of hydrogen-bond acceptors (Lipinski definition) is 6. The molecule has 0 unspecified atom stereocenters. The third-order valence-electron chi connectivity index (χ3n) is 1.45. The van der Waals surface area contributed by atoms with Crippen LogP contribution in [0, 0.1) is 0 Å². The fourth-order valence-electron chi connectivity index (χ4n) is 0.744. The van der Waals surface area contributed by atoms with Gasteiger partial charge in [-0.3, -0.25) is 0 Å². The summed E-state index contributed by atoms with van der Waals surface area (Å²) in [7, 11) is 0. The summed E-state index contributed by atoms with van der Waals surface area (Å²) in [6.45, 7) is 0. The maximum absolute atomic E-state index is 5.37. The molecule has 0 saturated heterocycles. The zero-order valence-corrected chi connectivity index (χ0v) is 8.04. The molecule has 0 spiro atoms. The molecular weight excluding hydrogens is 192 g/mol. The lowest BCUT2D eigenvalue weighted by molar-refractivity contribution is 1.06. The Morgan fingerprint density at radius 1 is 0.733 bits per heavy atom. The summed E-state index contributed by atoms with van der Waals surface area (Å²) in [4.78, 5) is 10.6. The van der Waals surface area contributed by atoms with Gasteiger partial charge in [0.15, 0.2) is 0 Å². The van der Waals surface area contributed by atoms with Crippen LogP contribution >= 0.6 is 0 Å². The van der Waals surface area contributed by atoms with Gasteiger partial charge in [-0.05, 0) is 24.3 Å². The molecule has 0 bridgehead atoms. The Balaban J connectivity index is 0.000000151. The van der Waals surface area contributed by atoms with E-state index in [1.807, 2.05) is 0 Å². The molecule has 6 N–H and O–H groups in total. The van der Waals surface area contributed by atoms with E-state index in [4.69, 9.17) is 17.2 Å². The minimum Gasteiger partial charge on any atom is -0.399 e. The van der Waals surface area contributed by atoms with Crippen LogP contribution in [0.2, 0.25) is 0 Å². The van der Waals surface area contributed by atoms with Crippen molar-refractivity contribution in [1.29, 1.82) is 0 Å². The summed E-state index contributed by atoms with van der Waals surface area (Å²) in [6.07, 6.45) is 2.70. The molecular formula is C9H12N6. The second-order valence-corrected chi connectivity index (χ2v) is 2.66. The topological polar surface area (TPSA) is 117 Å². The fourth-order valence-corrected chi connectivity index (χ4v) is 0.744. The summed E-state index contributed by atoms with van der Waals surface area (Å²) in [5.74, 6) is 0.259. The standard InChI is InChI=1S/C6H8N2.C3H4N4/c7-5-1-2-6(8)4-3-5;4-3-6-1-5-2-7-3/h1-4H,7-8H2;1-2H,(H2,4,5,6,7). The first-order valence-corrected chi connectivity index (χ1v) is 4.17. The van der Waals surface area contributed by atoms with Crippen LogP contribution in [-0.4, -0.2) is 15.0 Å². The molecule has 0 saturated carbocycles. The van der Waals surface area contributed by atoms with Crippen molar-refractivity contribution in [2.24, 2.45) is 0 Å². The number of rotatable bonds is 0. The SMILES string of the molecule is Nc1ccc(N)cc1.Nc1ncncn1. The quantitative estimate of drug-likeness (QED) is 0.531. The Morgan fingerprint density at radius 2 is 1.13 bits per heavy atom. The van der Waals surface area contributed by atoms with E-state index in [1.165, 1.54) is 12.7 Å². The van der Waals surface area contributed by atoms with E-state index in [2.05, 4.69) is 15.0 Å². The predicted octanol–water partition coefficient (Wildman–Crippen LogP) is 0.305. The Kier molecular flexibility index (Phi) is 3.84. The van der Waals surface area contributed by atoms with Gasteiger partial charge < -0.3 is 17.2 Å². The number of anilines is 3. The first kappa shape index (κ1) is 10.7. The predicted molar refractivity (Wildman–Crippen MR) is 59.5 cm³/mol. The van der Waals surface area contributed by atoms with E-state index in [-0.39, 0.29) is 5.95 Å². The number of aromatic nitrogens is 3. The van der Waals surface area contributed by atoms with Crippen molar-refractivity contribution >= 4 is 17.3 Å². The van der Waals surface area contributed by atoms with Crippen molar-refractivity contribution < 1.29 is 0 Å². The van der Waals surface area contributed by atoms with Gasteiger partial charge in [0.25, 0.3) is 0 Å². The molecule has 15 heavy (non-hydrogen) atoms. The minimum absolute atomic E-state index is 0.259. The largest absolute Gasteiger partial charge is 0.399 e. The van der Waals surface area contributed by atoms with E-state index in [1.54, 1.807) is 24.3 Å². The first-order valence-electron chi connectivity index (χ1n) is 4.17. The molecule has 0 aliphatic rings. The second kappa shape index (κ2) is 5.38. The van der Waals surface area contributed by atoms with Gasteiger partial charge in [0.05, 0.1) is 0 Å². The summed E-state index contributed by atoms with van der Waals surface area (Å²) < 4.78 is 0. The molecule has 1 aromatic carbocycles. The zero-order chi connectivity index (χ0) is 11.1. The minimum atomic E-state index is 0.259. The van der Waals surface area contributed by atoms with Crippen LogP contribution in [0.25, 0.3) is 0 Å². The molecule has 1 aromatic heterocycles. The highest BCUT2D eigenvalue weighted by atomic mass is 15.0. The maximum atomic E-state index is 5.37. The fraction of sp³-hybridized carbons (Fsp3) is 0. The molecule has 0 amide bonds. The van der Waals surface area contributed by atoms with E-state index in [0.717, 1.165) is 11.4 Å². The molecule has 6 heteroatoms. The Hall–Kier alpha value is -2.37. The lowest BCUT2D eigenvalue weighted by Gasteiger charge is -1.90. The van der Waals surface area contributed by atoms with Crippen LogP contribution in [0.3, 0.4) is 0 Å². The zero-order valence-electron chi connectivity index (χ0n) is 8.04. The average Bonchev–Trinajstić information content (AvgIpc) is 2.25. The lowest BCUT2D eigenvalue weighted by atomic mass is 10.3. The Bertz CT molecular complexity index is 364. The molecule has 6 nitrogen and oxygen atoms in total. The summed E-state index contributed by atoms with van der Waals surface area (Å²) in [5.41, 5.74) is 17.3. The number of hydrogen-bond donors (Lipinski definition) is 3. The first-order chi connectivity index (χ1) is 7.18. The summed E-state index contributed by atoms with van der Waals surface area (Å²) >= 11 is 0. The molecule has 2 aromatic rings. The van der Waals surface area contributed by atoms with Crippen molar-refractivity contribution in [3.05, 3.63) is 36.9 Å². The highest BCUT2D eigenvalue weighted by Gasteiger charge is 1.80. The van der Waals surface area contributed by atoms with Gasteiger partial charge in [0.2, 0.25) is 5.95 Å². The van der Waals surface area contributed by atoms with Gasteiger partial charge in [-0.15, -0.1) is 0 Å². The normalized spacial score (nSPS) is 8.80. The molecule has 0 radical (unpaired) electrons. The van der Waals surface area contributed by atoms with Crippen LogP contribution in [-0.2, 0) is 0 Å². The molecule has 0 fully saturated rings. The molecule has 0 aliphatic heterocycles. The van der Waals surface area contributed by atoms with Crippen molar-refractivity contribution in [2.45, 2.75) is 0 Å². The van der Waals surface area contributed by atoms with Gasteiger partial charge in [-0.25, -0.2) is 15.0 Å². The van der Waals surface area contributed by atoms with Crippen LogP contribution in [0.1, 0.15) is 0 Å². The highest BCUT2D eigenvalue weighted by molar-refractivity contribution is 5.47. The number of nitrogens with two attached hydrogens (primary N) is 3. The van der Waals surface area contributed by atoms with Gasteiger partial charge >= 0.3 is 0 Å². The van der Waals surface area contributed by atoms with Crippen LogP contribution in [0.5, 0.6) is 0 Å². The molecule has 2 rings (SSSR count). The van der Waals surface area contributed by atoms with Crippen LogP contribution in [0.4, 0.5) is 17.3 Å². The van der Waals surface area contributed by atoms with Gasteiger partial charge in [-0.2, -0.15) is 0 Å². The van der Waals surface area contributed by atoms with Gasteiger partial charge in [0, 0.05) is 11.4 Å². The van der Waals surface area contributed by atoms with Crippen molar-refractivity contribution in [3.63, 3.8) is 0 Å². The van der Waals surface area contributed by atoms with Gasteiger partial charge in [0.1, 0.15) is 12.7 Å².